The molecule has 4 heterocycles. The number of rotatable bonds is 4. The molecule has 1 saturated heterocycles. The van der Waals surface area contributed by atoms with E-state index in [1.54, 1.807) is 17.3 Å². The van der Waals surface area contributed by atoms with E-state index in [2.05, 4.69) is 15.1 Å². The van der Waals surface area contributed by atoms with Gasteiger partial charge in [-0.3, -0.25) is 4.68 Å². The summed E-state index contributed by atoms with van der Waals surface area (Å²) in [6.45, 7) is 6.91. The van der Waals surface area contributed by atoms with E-state index in [1.807, 2.05) is 74.2 Å². The van der Waals surface area contributed by atoms with E-state index in [1.165, 1.54) is 0 Å². The van der Waals surface area contributed by atoms with Gasteiger partial charge in [-0.2, -0.15) is 5.10 Å². The molecule has 0 bridgehead atoms. The van der Waals surface area contributed by atoms with Gasteiger partial charge in [0.2, 0.25) is 5.89 Å². The predicted molar refractivity (Wildman–Crippen MR) is 137 cm³/mol. The third kappa shape index (κ3) is 5.10. The molecule has 0 atom stereocenters. The highest BCUT2D eigenvalue weighted by atomic mass is 16.6. The SMILES string of the molecule is CC(C)(C)OC(=O)N1CCC(n2cc(-c3cnc(N)c(-c4ncc(-c5ccccc5)o4)c3)cn2)CC1. The molecular formula is C27H30N6O3. The molecule has 0 radical (unpaired) electrons. The number of anilines is 1. The van der Waals surface area contributed by atoms with Crippen molar-refractivity contribution in [1.82, 2.24) is 24.6 Å². The van der Waals surface area contributed by atoms with Crippen molar-refractivity contribution in [3.8, 4) is 33.9 Å². The van der Waals surface area contributed by atoms with Crippen LogP contribution in [-0.2, 0) is 4.74 Å². The second kappa shape index (κ2) is 9.49. The molecule has 3 aromatic heterocycles. The van der Waals surface area contributed by atoms with Crippen LogP contribution in [0.5, 0.6) is 0 Å². The molecule has 4 aromatic rings. The zero-order valence-electron chi connectivity index (χ0n) is 20.7. The van der Waals surface area contributed by atoms with E-state index < -0.39 is 5.60 Å². The highest BCUT2D eigenvalue weighted by molar-refractivity contribution is 5.75. The van der Waals surface area contributed by atoms with E-state index in [-0.39, 0.29) is 12.1 Å². The van der Waals surface area contributed by atoms with Gasteiger partial charge in [0, 0.05) is 42.2 Å². The molecule has 9 nitrogen and oxygen atoms in total. The van der Waals surface area contributed by atoms with E-state index in [0.29, 0.717) is 36.1 Å². The number of ether oxygens (including phenoxy) is 1. The Morgan fingerprint density at radius 3 is 2.50 bits per heavy atom. The number of pyridine rings is 1. The Balaban J connectivity index is 1.30. The van der Waals surface area contributed by atoms with Crippen molar-refractivity contribution in [3.05, 3.63) is 61.2 Å². The molecule has 2 N–H and O–H groups in total. The van der Waals surface area contributed by atoms with Crippen LogP contribution in [0.3, 0.4) is 0 Å². The first kappa shape index (κ1) is 23.6. The number of nitrogens with zero attached hydrogens (tertiary/aromatic N) is 5. The normalized spacial score (nSPS) is 14.7. The van der Waals surface area contributed by atoms with Crippen LogP contribution in [-0.4, -0.2) is 49.4 Å². The van der Waals surface area contributed by atoms with Gasteiger partial charge in [-0.05, 0) is 39.7 Å². The summed E-state index contributed by atoms with van der Waals surface area (Å²) in [7, 11) is 0. The molecule has 0 unspecified atom stereocenters. The molecule has 1 aliphatic rings. The van der Waals surface area contributed by atoms with Crippen LogP contribution < -0.4 is 5.73 Å². The number of benzene rings is 1. The monoisotopic (exact) mass is 486 g/mol. The summed E-state index contributed by atoms with van der Waals surface area (Å²) in [6, 6.07) is 11.9. The van der Waals surface area contributed by atoms with Gasteiger partial charge in [-0.15, -0.1) is 0 Å². The van der Waals surface area contributed by atoms with E-state index in [4.69, 9.17) is 14.9 Å². The van der Waals surface area contributed by atoms with Gasteiger partial charge in [-0.1, -0.05) is 30.3 Å². The number of nitrogens with two attached hydrogens (primary N) is 1. The number of nitrogen functional groups attached to an aromatic ring is 1. The van der Waals surface area contributed by atoms with Gasteiger partial charge in [0.05, 0.1) is 24.0 Å². The summed E-state index contributed by atoms with van der Waals surface area (Å²) < 4.78 is 13.5. The van der Waals surface area contributed by atoms with Crippen LogP contribution in [0.1, 0.15) is 39.7 Å². The quantitative estimate of drug-likeness (QED) is 0.410. The van der Waals surface area contributed by atoms with Crippen molar-refractivity contribution in [3.63, 3.8) is 0 Å². The lowest BCUT2D eigenvalue weighted by molar-refractivity contribution is 0.0185. The van der Waals surface area contributed by atoms with Gasteiger partial charge in [0.15, 0.2) is 5.76 Å². The minimum absolute atomic E-state index is 0.207. The highest BCUT2D eigenvalue weighted by Gasteiger charge is 2.28. The number of amides is 1. The van der Waals surface area contributed by atoms with Crippen LogP contribution >= 0.6 is 0 Å². The van der Waals surface area contributed by atoms with Crippen LogP contribution in [0.4, 0.5) is 10.6 Å². The molecule has 36 heavy (non-hydrogen) atoms. The first-order valence-electron chi connectivity index (χ1n) is 12.1. The fourth-order valence-electron chi connectivity index (χ4n) is 4.27. The molecule has 0 aliphatic carbocycles. The highest BCUT2D eigenvalue weighted by Crippen LogP contribution is 2.32. The van der Waals surface area contributed by atoms with Crippen LogP contribution in [0.2, 0.25) is 0 Å². The summed E-state index contributed by atoms with van der Waals surface area (Å²) in [5.41, 5.74) is 9.05. The predicted octanol–water partition coefficient (Wildman–Crippen LogP) is 5.42. The maximum absolute atomic E-state index is 12.4. The Bertz CT molecular complexity index is 1350. The van der Waals surface area contributed by atoms with Gasteiger partial charge in [0.25, 0.3) is 0 Å². The second-order valence-electron chi connectivity index (χ2n) is 9.96. The summed E-state index contributed by atoms with van der Waals surface area (Å²) in [5.74, 6) is 1.44. The smallest absolute Gasteiger partial charge is 0.410 e. The van der Waals surface area contributed by atoms with Crippen LogP contribution in [0.25, 0.3) is 33.9 Å². The molecule has 186 valence electrons. The Morgan fingerprint density at radius 1 is 1.03 bits per heavy atom. The Labute approximate surface area is 209 Å². The Hall–Kier alpha value is -4.14. The number of carbonyl (C=O) groups is 1. The molecule has 1 aliphatic heterocycles. The summed E-state index contributed by atoms with van der Waals surface area (Å²) >= 11 is 0. The molecule has 1 fully saturated rings. The minimum Gasteiger partial charge on any atom is -0.444 e. The average Bonchev–Trinajstić information content (AvgIpc) is 3.55. The van der Waals surface area contributed by atoms with Gasteiger partial charge < -0.3 is 19.8 Å². The lowest BCUT2D eigenvalue weighted by Crippen LogP contribution is -2.42. The Morgan fingerprint density at radius 2 is 1.78 bits per heavy atom. The standard InChI is InChI=1S/C27H30N6O3/c1-27(2,3)36-26(34)32-11-9-21(10-12-32)33-17-20(15-31-33)19-13-22(24(28)29-14-19)25-30-16-23(35-25)18-7-5-4-6-8-18/h4-8,13-17,21H,9-12H2,1-3H3,(H2,28,29). The molecule has 1 aromatic carbocycles. The van der Waals surface area contributed by atoms with Crippen LogP contribution in [0, 0.1) is 0 Å². The number of oxazole rings is 1. The fraction of sp³-hybridized carbons (Fsp3) is 0.333. The van der Waals surface area contributed by atoms with E-state index in [9.17, 15) is 4.79 Å². The minimum atomic E-state index is -0.495. The summed E-state index contributed by atoms with van der Waals surface area (Å²) in [6.07, 6.45) is 8.61. The van der Waals surface area contributed by atoms with E-state index in [0.717, 1.165) is 29.5 Å². The number of carbonyl (C=O) groups excluding carboxylic acids is 1. The topological polar surface area (TPSA) is 112 Å². The maximum Gasteiger partial charge on any atom is 0.410 e. The van der Waals surface area contributed by atoms with Crippen molar-refractivity contribution < 1.29 is 13.9 Å². The molecule has 0 spiro atoms. The zero-order valence-corrected chi connectivity index (χ0v) is 20.7. The van der Waals surface area contributed by atoms with Crippen LogP contribution in [0.15, 0.2) is 65.6 Å². The largest absolute Gasteiger partial charge is 0.444 e. The third-order valence-electron chi connectivity index (χ3n) is 6.14. The molecule has 9 heteroatoms. The molecule has 0 saturated carbocycles. The van der Waals surface area contributed by atoms with Crippen molar-refractivity contribution >= 4 is 11.9 Å². The number of aromatic nitrogens is 4. The lowest BCUT2D eigenvalue weighted by atomic mass is 10.1. The number of hydrogen-bond acceptors (Lipinski definition) is 7. The molecule has 5 rings (SSSR count). The molecular weight excluding hydrogens is 456 g/mol. The number of likely N-dealkylation sites (tertiary alicyclic amines) is 1. The lowest BCUT2D eigenvalue weighted by Gasteiger charge is -2.33. The van der Waals surface area contributed by atoms with E-state index >= 15 is 0 Å². The van der Waals surface area contributed by atoms with Gasteiger partial charge in [-0.25, -0.2) is 14.8 Å². The maximum atomic E-state index is 12.4. The zero-order chi connectivity index (χ0) is 25.3. The summed E-state index contributed by atoms with van der Waals surface area (Å²) in [5, 5.41) is 4.60. The summed E-state index contributed by atoms with van der Waals surface area (Å²) in [4.78, 5) is 22.9. The third-order valence-corrected chi connectivity index (χ3v) is 6.14. The molecule has 1 amide bonds. The second-order valence-corrected chi connectivity index (χ2v) is 9.96. The van der Waals surface area contributed by atoms with Crippen molar-refractivity contribution in [2.24, 2.45) is 0 Å². The van der Waals surface area contributed by atoms with Gasteiger partial charge >= 0.3 is 6.09 Å². The fourth-order valence-corrected chi connectivity index (χ4v) is 4.27. The first-order valence-corrected chi connectivity index (χ1v) is 12.1. The van der Waals surface area contributed by atoms with Crippen molar-refractivity contribution in [2.75, 3.05) is 18.8 Å². The average molecular weight is 487 g/mol. The number of hydrogen-bond donors (Lipinski definition) is 1. The van der Waals surface area contributed by atoms with Crippen molar-refractivity contribution in [1.29, 1.82) is 0 Å². The first-order chi connectivity index (χ1) is 17.3. The van der Waals surface area contributed by atoms with Gasteiger partial charge in [0.1, 0.15) is 11.4 Å². The Kier molecular flexibility index (Phi) is 6.22. The van der Waals surface area contributed by atoms with Crippen molar-refractivity contribution in [2.45, 2.75) is 45.3 Å². The number of piperidine rings is 1.